The standard InChI is InChI=1S/C28H35N7O5S/c1-15-13-30-19(16(2)21(15)38-9)14-34-22-20-18(33-34)11-10-17(12-29)41-23(20)32-24(31-22)39-25(36)35(27(3,4)5)26(37)40-28(6,7)8/h13,17H,10-11,14H2,1-9H3. The first kappa shape index (κ1) is 30.0. The molecular formula is C28H35N7O5S. The van der Waals surface area contributed by atoms with Gasteiger partial charge in [-0.25, -0.2) is 19.2 Å². The van der Waals surface area contributed by atoms with Gasteiger partial charge in [-0.05, 0) is 68.2 Å². The number of hydrogen-bond donors (Lipinski definition) is 0. The average molecular weight is 582 g/mol. The third kappa shape index (κ3) is 6.37. The van der Waals surface area contributed by atoms with Gasteiger partial charge in [-0.2, -0.15) is 20.3 Å². The molecule has 12 nitrogen and oxygen atoms in total. The molecule has 0 spiro atoms. The summed E-state index contributed by atoms with van der Waals surface area (Å²) in [5.41, 5.74) is 1.93. The Bertz CT molecular complexity index is 1550. The highest BCUT2D eigenvalue weighted by Gasteiger charge is 2.38. The highest BCUT2D eigenvalue weighted by molar-refractivity contribution is 8.00. The van der Waals surface area contributed by atoms with Crippen LogP contribution in [0.1, 0.15) is 70.5 Å². The van der Waals surface area contributed by atoms with Crippen LogP contribution in [0.3, 0.4) is 0 Å². The minimum absolute atomic E-state index is 0.264. The van der Waals surface area contributed by atoms with Crippen LogP contribution in [-0.4, -0.2) is 65.3 Å². The number of imide groups is 1. The normalized spacial score (nSPS) is 15.2. The Morgan fingerprint density at radius 2 is 1.88 bits per heavy atom. The second kappa shape index (κ2) is 11.2. The molecular weight excluding hydrogens is 546 g/mol. The van der Waals surface area contributed by atoms with Gasteiger partial charge in [-0.15, -0.1) is 0 Å². The molecule has 218 valence electrons. The molecule has 0 bridgehead atoms. The van der Waals surface area contributed by atoms with Crippen LogP contribution in [-0.2, 0) is 17.7 Å². The lowest BCUT2D eigenvalue weighted by molar-refractivity contribution is 0.0115. The Morgan fingerprint density at radius 1 is 1.17 bits per heavy atom. The average Bonchev–Trinajstić information content (AvgIpc) is 3.08. The van der Waals surface area contributed by atoms with Crippen LogP contribution >= 0.6 is 11.8 Å². The molecule has 13 heteroatoms. The van der Waals surface area contributed by atoms with E-state index in [4.69, 9.17) is 19.3 Å². The van der Waals surface area contributed by atoms with Crippen molar-refractivity contribution in [2.45, 2.75) is 96.2 Å². The minimum atomic E-state index is -0.985. The summed E-state index contributed by atoms with van der Waals surface area (Å²) in [6.07, 6.45) is 1.04. The fraction of sp³-hybridized carbons (Fsp3) is 0.536. The van der Waals surface area contributed by atoms with E-state index in [1.165, 1.54) is 11.8 Å². The first-order valence-electron chi connectivity index (χ1n) is 13.2. The van der Waals surface area contributed by atoms with Crippen molar-refractivity contribution in [1.82, 2.24) is 29.6 Å². The molecule has 2 amide bonds. The summed E-state index contributed by atoms with van der Waals surface area (Å²) in [4.78, 5) is 40.9. The summed E-state index contributed by atoms with van der Waals surface area (Å²) in [6.45, 7) is 14.3. The van der Waals surface area contributed by atoms with Crippen molar-refractivity contribution in [3.8, 4) is 17.8 Å². The van der Waals surface area contributed by atoms with Crippen LogP contribution in [0.4, 0.5) is 9.59 Å². The van der Waals surface area contributed by atoms with Crippen molar-refractivity contribution >= 4 is 35.0 Å². The number of carbonyl (C=O) groups is 2. The van der Waals surface area contributed by atoms with Crippen LogP contribution in [0.2, 0.25) is 0 Å². The van der Waals surface area contributed by atoms with E-state index >= 15 is 0 Å². The second-order valence-corrected chi connectivity index (χ2v) is 13.0. The third-order valence-corrected chi connectivity index (χ3v) is 7.45. The number of nitriles is 1. The third-order valence-electron chi connectivity index (χ3n) is 6.31. The van der Waals surface area contributed by atoms with Crippen LogP contribution in [0.5, 0.6) is 11.8 Å². The lowest BCUT2D eigenvalue weighted by atomic mass is 10.1. The number of nitrogens with zero attached hydrogens (tertiary/aromatic N) is 7. The number of amides is 2. The lowest BCUT2D eigenvalue weighted by Gasteiger charge is -2.33. The van der Waals surface area contributed by atoms with E-state index in [9.17, 15) is 14.9 Å². The zero-order valence-corrected chi connectivity index (χ0v) is 25.7. The van der Waals surface area contributed by atoms with Crippen molar-refractivity contribution < 1.29 is 23.8 Å². The molecule has 4 rings (SSSR count). The number of pyridine rings is 1. The number of aryl methyl sites for hydroxylation is 2. The van der Waals surface area contributed by atoms with E-state index in [0.717, 1.165) is 33.2 Å². The van der Waals surface area contributed by atoms with Gasteiger partial charge in [0, 0.05) is 22.9 Å². The second-order valence-electron chi connectivity index (χ2n) is 11.8. The van der Waals surface area contributed by atoms with Crippen molar-refractivity contribution in [3.63, 3.8) is 0 Å². The van der Waals surface area contributed by atoms with Crippen molar-refractivity contribution in [2.75, 3.05) is 7.11 Å². The largest absolute Gasteiger partial charge is 0.496 e. The molecule has 1 aliphatic heterocycles. The van der Waals surface area contributed by atoms with E-state index in [2.05, 4.69) is 21.0 Å². The van der Waals surface area contributed by atoms with Gasteiger partial charge in [0.2, 0.25) is 0 Å². The predicted octanol–water partition coefficient (Wildman–Crippen LogP) is 5.36. The molecule has 41 heavy (non-hydrogen) atoms. The van der Waals surface area contributed by atoms with E-state index in [0.29, 0.717) is 28.9 Å². The summed E-state index contributed by atoms with van der Waals surface area (Å²) in [6, 6.07) is 2.03. The molecule has 0 saturated heterocycles. The number of hydrogen-bond acceptors (Lipinski definition) is 11. The molecule has 4 heterocycles. The van der Waals surface area contributed by atoms with E-state index in [-0.39, 0.29) is 17.8 Å². The first-order valence-corrected chi connectivity index (χ1v) is 14.1. The topological polar surface area (TPSA) is 145 Å². The fourth-order valence-electron chi connectivity index (χ4n) is 4.49. The molecule has 3 aromatic rings. The zero-order chi connectivity index (χ0) is 30.3. The first-order chi connectivity index (χ1) is 19.1. The van der Waals surface area contributed by atoms with E-state index in [1.54, 1.807) is 59.5 Å². The molecule has 1 unspecified atom stereocenters. The quantitative estimate of drug-likeness (QED) is 0.367. The van der Waals surface area contributed by atoms with Gasteiger partial charge in [-0.1, -0.05) is 11.8 Å². The van der Waals surface area contributed by atoms with Gasteiger partial charge >= 0.3 is 18.2 Å². The molecule has 3 aromatic heterocycles. The maximum Gasteiger partial charge on any atom is 0.427 e. The van der Waals surface area contributed by atoms with E-state index < -0.39 is 23.3 Å². The Kier molecular flexibility index (Phi) is 8.18. The van der Waals surface area contributed by atoms with E-state index in [1.807, 2.05) is 13.8 Å². The zero-order valence-electron chi connectivity index (χ0n) is 24.9. The Morgan fingerprint density at radius 3 is 2.49 bits per heavy atom. The highest BCUT2D eigenvalue weighted by Crippen LogP contribution is 2.38. The molecule has 0 radical (unpaired) electrons. The van der Waals surface area contributed by atoms with Crippen LogP contribution in [0.25, 0.3) is 11.0 Å². The maximum absolute atomic E-state index is 13.4. The number of rotatable bonds is 4. The van der Waals surface area contributed by atoms with Crippen LogP contribution in [0.15, 0.2) is 11.2 Å². The summed E-state index contributed by atoms with van der Waals surface area (Å²) >= 11 is 1.27. The highest BCUT2D eigenvalue weighted by atomic mass is 32.2. The monoisotopic (exact) mass is 581 g/mol. The van der Waals surface area contributed by atoms with Crippen molar-refractivity contribution in [1.29, 1.82) is 5.26 Å². The van der Waals surface area contributed by atoms with Crippen LogP contribution < -0.4 is 9.47 Å². The van der Waals surface area contributed by atoms with Gasteiger partial charge in [0.15, 0.2) is 5.65 Å². The molecule has 0 saturated carbocycles. The van der Waals surface area contributed by atoms with Gasteiger partial charge in [0.25, 0.3) is 0 Å². The maximum atomic E-state index is 13.4. The number of methoxy groups -OCH3 is 1. The summed E-state index contributed by atoms with van der Waals surface area (Å²) in [7, 11) is 1.62. The molecule has 0 fully saturated rings. The van der Waals surface area contributed by atoms with Gasteiger partial charge in [-0.3, -0.25) is 4.98 Å². The molecule has 0 aliphatic carbocycles. The predicted molar refractivity (Wildman–Crippen MR) is 152 cm³/mol. The summed E-state index contributed by atoms with van der Waals surface area (Å²) < 4.78 is 18.3. The SMILES string of the molecule is COc1c(C)cnc(Cn2nc3c4c(nc(OC(=O)N(C(=O)OC(C)(C)C)C(C)(C)C)nc42)SC(C#N)CC3)c1C. The Hall–Kier alpha value is -3.92. The number of aromatic nitrogens is 5. The van der Waals surface area contributed by atoms with Crippen molar-refractivity contribution in [3.05, 3.63) is 28.7 Å². The number of thioether (sulfide) groups is 1. The Balaban J connectivity index is 1.79. The molecule has 1 aliphatic rings. The Labute approximate surface area is 243 Å². The minimum Gasteiger partial charge on any atom is -0.496 e. The van der Waals surface area contributed by atoms with Gasteiger partial charge in [0.1, 0.15) is 16.4 Å². The van der Waals surface area contributed by atoms with Crippen molar-refractivity contribution in [2.24, 2.45) is 0 Å². The van der Waals surface area contributed by atoms with Gasteiger partial charge in [0.05, 0.1) is 41.7 Å². The fourth-order valence-corrected chi connectivity index (χ4v) is 5.50. The lowest BCUT2D eigenvalue weighted by Crippen LogP contribution is -2.52. The smallest absolute Gasteiger partial charge is 0.427 e. The number of carbonyl (C=O) groups excluding carboxylic acids is 2. The van der Waals surface area contributed by atoms with Crippen LogP contribution in [0, 0.1) is 25.2 Å². The molecule has 0 aromatic carbocycles. The van der Waals surface area contributed by atoms with Gasteiger partial charge < -0.3 is 14.2 Å². The molecule has 1 atom stereocenters. The molecule has 0 N–H and O–H groups in total. The summed E-state index contributed by atoms with van der Waals surface area (Å²) in [5, 5.41) is 15.3. The summed E-state index contributed by atoms with van der Waals surface area (Å²) in [5.74, 6) is 0.745. The number of ether oxygens (including phenoxy) is 3.